The molecule has 100 valence electrons. The highest BCUT2D eigenvalue weighted by atomic mass is 32.1. The van der Waals surface area contributed by atoms with Crippen molar-refractivity contribution in [2.24, 2.45) is 5.10 Å². The van der Waals surface area contributed by atoms with E-state index in [0.717, 1.165) is 21.3 Å². The van der Waals surface area contributed by atoms with Crippen molar-refractivity contribution in [1.82, 2.24) is 4.98 Å². The molecule has 0 radical (unpaired) electrons. The highest BCUT2D eigenvalue weighted by Gasteiger charge is 2.04. The van der Waals surface area contributed by atoms with Crippen molar-refractivity contribution in [3.63, 3.8) is 0 Å². The van der Waals surface area contributed by atoms with Crippen molar-refractivity contribution in [3.8, 4) is 16.3 Å². The second kappa shape index (κ2) is 5.85. The molecule has 0 saturated carbocycles. The highest BCUT2D eigenvalue weighted by molar-refractivity contribution is 7.15. The van der Waals surface area contributed by atoms with Crippen LogP contribution in [0.5, 0.6) is 5.75 Å². The van der Waals surface area contributed by atoms with E-state index in [2.05, 4.69) is 15.5 Å². The summed E-state index contributed by atoms with van der Waals surface area (Å²) in [5.74, 6) is 0.246. The smallest absolute Gasteiger partial charge is 0.203 e. The summed E-state index contributed by atoms with van der Waals surface area (Å²) in [5, 5.41) is 18.1. The summed E-state index contributed by atoms with van der Waals surface area (Å²) in [6.45, 7) is 0. The molecule has 2 N–H and O–H groups in total. The summed E-state index contributed by atoms with van der Waals surface area (Å²) < 4.78 is 0. The van der Waals surface area contributed by atoms with E-state index in [9.17, 15) is 5.11 Å². The van der Waals surface area contributed by atoms with Gasteiger partial charge < -0.3 is 5.11 Å². The van der Waals surface area contributed by atoms with Gasteiger partial charge in [0.25, 0.3) is 0 Å². The number of thiazole rings is 1. The third-order valence-electron chi connectivity index (χ3n) is 2.54. The first kappa shape index (κ1) is 12.8. The fourth-order valence-electron chi connectivity index (χ4n) is 1.58. The zero-order chi connectivity index (χ0) is 13.8. The van der Waals surface area contributed by atoms with E-state index in [1.165, 1.54) is 11.3 Å². The molecule has 0 unspecified atom stereocenters. The molecule has 0 fully saturated rings. The molecule has 2 aromatic heterocycles. The van der Waals surface area contributed by atoms with Crippen LogP contribution in [0.15, 0.2) is 52.3 Å². The summed E-state index contributed by atoms with van der Waals surface area (Å²) in [7, 11) is 0. The number of rotatable bonds is 4. The van der Waals surface area contributed by atoms with Crippen molar-refractivity contribution < 1.29 is 5.11 Å². The van der Waals surface area contributed by atoms with Crippen LogP contribution in [0, 0.1) is 0 Å². The first-order valence-corrected chi connectivity index (χ1v) is 7.65. The third kappa shape index (κ3) is 3.04. The van der Waals surface area contributed by atoms with Crippen molar-refractivity contribution in [1.29, 1.82) is 0 Å². The summed E-state index contributed by atoms with van der Waals surface area (Å²) >= 11 is 3.18. The number of hydrogen-bond acceptors (Lipinski definition) is 6. The SMILES string of the molecule is Oc1ccc(/C=N\Nc2nc(-c3cccs3)cs2)cc1. The number of hydrogen-bond donors (Lipinski definition) is 2. The zero-order valence-corrected chi connectivity index (χ0v) is 12.0. The van der Waals surface area contributed by atoms with E-state index < -0.39 is 0 Å². The van der Waals surface area contributed by atoms with E-state index in [-0.39, 0.29) is 5.75 Å². The Kier molecular flexibility index (Phi) is 3.76. The fourth-order valence-corrected chi connectivity index (χ4v) is 3.01. The molecule has 0 amide bonds. The lowest BCUT2D eigenvalue weighted by atomic mass is 10.2. The number of hydrazone groups is 1. The molecule has 0 atom stereocenters. The van der Waals surface area contributed by atoms with E-state index in [1.54, 1.807) is 41.8 Å². The Morgan fingerprint density at radius 3 is 2.75 bits per heavy atom. The lowest BCUT2D eigenvalue weighted by Crippen LogP contribution is -1.89. The van der Waals surface area contributed by atoms with Gasteiger partial charge in [-0.05, 0) is 41.3 Å². The van der Waals surface area contributed by atoms with Crippen LogP contribution in [0.4, 0.5) is 5.13 Å². The van der Waals surface area contributed by atoms with Crippen LogP contribution in [-0.4, -0.2) is 16.3 Å². The number of benzene rings is 1. The lowest BCUT2D eigenvalue weighted by molar-refractivity contribution is 0.475. The Morgan fingerprint density at radius 2 is 2.00 bits per heavy atom. The molecule has 0 bridgehead atoms. The molecule has 6 heteroatoms. The summed E-state index contributed by atoms with van der Waals surface area (Å²) in [6.07, 6.45) is 1.69. The predicted molar refractivity (Wildman–Crippen MR) is 84.8 cm³/mol. The molecule has 2 heterocycles. The van der Waals surface area contributed by atoms with E-state index in [0.29, 0.717) is 0 Å². The quantitative estimate of drug-likeness (QED) is 0.565. The Hall–Kier alpha value is -2.18. The Bertz CT molecular complexity index is 702. The Balaban J connectivity index is 1.65. The molecule has 3 rings (SSSR count). The summed E-state index contributed by atoms with van der Waals surface area (Å²) in [5.41, 5.74) is 4.78. The number of phenolic OH excluding ortho intramolecular Hbond substituents is 1. The molecule has 0 saturated heterocycles. The van der Waals surface area contributed by atoms with Crippen LogP contribution in [-0.2, 0) is 0 Å². The molecule has 20 heavy (non-hydrogen) atoms. The van der Waals surface area contributed by atoms with Crippen molar-refractivity contribution >= 4 is 34.0 Å². The minimum Gasteiger partial charge on any atom is -0.508 e. The van der Waals surface area contributed by atoms with Gasteiger partial charge in [0.05, 0.1) is 16.8 Å². The lowest BCUT2D eigenvalue weighted by Gasteiger charge is -1.95. The van der Waals surface area contributed by atoms with E-state index in [1.807, 2.05) is 22.9 Å². The fraction of sp³-hybridized carbons (Fsp3) is 0. The number of phenols is 1. The monoisotopic (exact) mass is 301 g/mol. The number of nitrogens with one attached hydrogen (secondary N) is 1. The van der Waals surface area contributed by atoms with Gasteiger partial charge in [-0.1, -0.05) is 6.07 Å². The van der Waals surface area contributed by atoms with Gasteiger partial charge in [-0.25, -0.2) is 4.98 Å². The van der Waals surface area contributed by atoms with E-state index >= 15 is 0 Å². The molecule has 0 aliphatic rings. The van der Waals surface area contributed by atoms with Crippen molar-refractivity contribution in [2.45, 2.75) is 0 Å². The number of thiophene rings is 1. The van der Waals surface area contributed by atoms with Gasteiger partial charge in [-0.15, -0.1) is 22.7 Å². The number of nitrogens with zero attached hydrogens (tertiary/aromatic N) is 2. The van der Waals surface area contributed by atoms with Crippen LogP contribution in [0.1, 0.15) is 5.56 Å². The van der Waals surface area contributed by atoms with Gasteiger partial charge in [0, 0.05) is 5.38 Å². The highest BCUT2D eigenvalue weighted by Crippen LogP contribution is 2.28. The first-order valence-electron chi connectivity index (χ1n) is 5.89. The standard InChI is InChI=1S/C14H11N3OS2/c18-11-5-3-10(4-6-11)8-15-17-14-16-12(9-20-14)13-2-1-7-19-13/h1-9,18H,(H,16,17)/b15-8-. The van der Waals surface area contributed by atoms with Gasteiger partial charge in [0.15, 0.2) is 0 Å². The predicted octanol–water partition coefficient (Wildman–Crippen LogP) is 4.02. The van der Waals surface area contributed by atoms with Gasteiger partial charge >= 0.3 is 0 Å². The van der Waals surface area contributed by atoms with Crippen LogP contribution < -0.4 is 5.43 Å². The maximum absolute atomic E-state index is 9.19. The van der Waals surface area contributed by atoms with Crippen LogP contribution in [0.3, 0.4) is 0 Å². The molecule has 1 aromatic carbocycles. The van der Waals surface area contributed by atoms with Crippen molar-refractivity contribution in [3.05, 3.63) is 52.7 Å². The molecule has 0 aliphatic carbocycles. The molecular weight excluding hydrogens is 290 g/mol. The normalized spacial score (nSPS) is 11.0. The van der Waals surface area contributed by atoms with Gasteiger partial charge in [-0.2, -0.15) is 5.10 Å². The van der Waals surface area contributed by atoms with Gasteiger partial charge in [-0.3, -0.25) is 5.43 Å². The minimum absolute atomic E-state index is 0.246. The Morgan fingerprint density at radius 1 is 1.15 bits per heavy atom. The van der Waals surface area contributed by atoms with Crippen LogP contribution in [0.25, 0.3) is 10.6 Å². The molecule has 0 spiro atoms. The minimum atomic E-state index is 0.246. The first-order chi connectivity index (χ1) is 9.81. The van der Waals surface area contributed by atoms with Crippen LogP contribution >= 0.6 is 22.7 Å². The largest absolute Gasteiger partial charge is 0.508 e. The zero-order valence-electron chi connectivity index (χ0n) is 10.4. The third-order valence-corrected chi connectivity index (χ3v) is 4.18. The number of anilines is 1. The molecule has 3 aromatic rings. The number of aromatic hydroxyl groups is 1. The average Bonchev–Trinajstić information content (AvgIpc) is 3.11. The molecular formula is C14H11N3OS2. The topological polar surface area (TPSA) is 57.5 Å². The second-order valence-electron chi connectivity index (χ2n) is 3.98. The summed E-state index contributed by atoms with van der Waals surface area (Å²) in [4.78, 5) is 5.61. The van der Waals surface area contributed by atoms with E-state index in [4.69, 9.17) is 0 Å². The number of aromatic nitrogens is 1. The Labute approximate surface area is 124 Å². The van der Waals surface area contributed by atoms with Gasteiger partial charge in [0.1, 0.15) is 5.75 Å². The second-order valence-corrected chi connectivity index (χ2v) is 5.78. The maximum Gasteiger partial charge on any atom is 0.203 e. The molecule has 4 nitrogen and oxygen atoms in total. The molecule has 0 aliphatic heterocycles. The van der Waals surface area contributed by atoms with Gasteiger partial charge in [0.2, 0.25) is 5.13 Å². The average molecular weight is 301 g/mol. The summed E-state index contributed by atoms with van der Waals surface area (Å²) in [6, 6.07) is 10.9. The van der Waals surface area contributed by atoms with Crippen LogP contribution in [0.2, 0.25) is 0 Å². The maximum atomic E-state index is 9.19. The van der Waals surface area contributed by atoms with Crippen molar-refractivity contribution in [2.75, 3.05) is 5.43 Å².